The van der Waals surface area contributed by atoms with Gasteiger partial charge in [0.1, 0.15) is 0 Å². The minimum absolute atomic E-state index is 0.0672. The Morgan fingerprint density at radius 3 is 2.21 bits per heavy atom. The summed E-state index contributed by atoms with van der Waals surface area (Å²) >= 11 is 0. The third-order valence-corrected chi connectivity index (χ3v) is 6.98. The summed E-state index contributed by atoms with van der Waals surface area (Å²) in [6, 6.07) is 16.2. The molecular weight excluding hydrogens is 458 g/mol. The highest BCUT2D eigenvalue weighted by Crippen LogP contribution is 2.21. The second-order valence-electron chi connectivity index (χ2n) is 7.82. The topological polar surface area (TPSA) is 118 Å². The van der Waals surface area contributed by atoms with E-state index in [1.54, 1.807) is 42.5 Å². The van der Waals surface area contributed by atoms with E-state index >= 15 is 0 Å². The lowest BCUT2D eigenvalue weighted by Gasteiger charge is -2.25. The molecule has 1 aliphatic rings. The van der Waals surface area contributed by atoms with Crippen molar-refractivity contribution in [1.82, 2.24) is 4.90 Å². The third-order valence-electron chi connectivity index (χ3n) is 5.30. The van der Waals surface area contributed by atoms with E-state index in [9.17, 15) is 18.0 Å². The fraction of sp³-hybridized carbons (Fsp3) is 0.250. The van der Waals surface area contributed by atoms with Gasteiger partial charge in [-0.1, -0.05) is 18.2 Å². The van der Waals surface area contributed by atoms with Crippen molar-refractivity contribution < 1.29 is 27.2 Å². The fourth-order valence-corrected chi connectivity index (χ4v) is 4.93. The second-order valence-corrected chi connectivity index (χ2v) is 9.80. The molecule has 2 amide bonds. The lowest BCUT2D eigenvalue weighted by atomic mass is 10.2. The number of morpholine rings is 1. The van der Waals surface area contributed by atoms with Crippen molar-refractivity contribution >= 4 is 33.0 Å². The van der Waals surface area contributed by atoms with Crippen molar-refractivity contribution in [3.05, 3.63) is 78.3 Å². The molecule has 2 heterocycles. The zero-order valence-corrected chi connectivity index (χ0v) is 19.2. The number of furan rings is 1. The van der Waals surface area contributed by atoms with E-state index in [1.165, 1.54) is 24.5 Å². The molecule has 2 aromatic carbocycles. The van der Waals surface area contributed by atoms with E-state index in [-0.39, 0.29) is 34.4 Å². The summed E-state index contributed by atoms with van der Waals surface area (Å²) in [6.07, 6.45) is 1.29. The molecule has 9 nitrogen and oxygen atoms in total. The van der Waals surface area contributed by atoms with E-state index in [2.05, 4.69) is 10.6 Å². The first kappa shape index (κ1) is 23.7. The molecule has 1 aromatic heterocycles. The standard InChI is InChI=1S/C24H25N3O6S/c28-22(16-27-11-14-32-15-12-27)25-19-6-8-20(9-7-19)26-24(29)23-18(10-13-33-23)17-34(30,31)21-4-2-1-3-5-21/h1-10,13H,11-12,14-17H2,(H,25,28)(H,26,29). The molecule has 1 fully saturated rings. The van der Waals surface area contributed by atoms with Crippen LogP contribution in [0.1, 0.15) is 16.1 Å². The molecule has 1 aliphatic heterocycles. The zero-order chi connectivity index (χ0) is 24.0. The van der Waals surface area contributed by atoms with Crippen LogP contribution in [0.5, 0.6) is 0 Å². The largest absolute Gasteiger partial charge is 0.459 e. The number of amides is 2. The van der Waals surface area contributed by atoms with Crippen LogP contribution in [0.25, 0.3) is 0 Å². The molecule has 178 valence electrons. The number of ether oxygens (including phenoxy) is 1. The minimum Gasteiger partial charge on any atom is -0.459 e. The number of benzene rings is 2. The first-order valence-electron chi connectivity index (χ1n) is 10.8. The fourth-order valence-electron chi connectivity index (χ4n) is 3.55. The molecular formula is C24H25N3O6S. The van der Waals surface area contributed by atoms with Crippen molar-refractivity contribution in [2.24, 2.45) is 0 Å². The number of hydrogen-bond donors (Lipinski definition) is 2. The van der Waals surface area contributed by atoms with E-state index in [0.29, 0.717) is 24.6 Å². The Bertz CT molecular complexity index is 1230. The number of nitrogens with zero attached hydrogens (tertiary/aromatic N) is 1. The molecule has 3 aromatic rings. The summed E-state index contributed by atoms with van der Waals surface area (Å²) in [4.78, 5) is 27.1. The molecule has 0 unspecified atom stereocenters. The zero-order valence-electron chi connectivity index (χ0n) is 18.4. The highest BCUT2D eigenvalue weighted by atomic mass is 32.2. The monoisotopic (exact) mass is 483 g/mol. The van der Waals surface area contributed by atoms with Crippen LogP contribution in [0, 0.1) is 0 Å². The molecule has 10 heteroatoms. The van der Waals surface area contributed by atoms with Crippen LogP contribution in [0.15, 0.2) is 76.2 Å². The molecule has 0 bridgehead atoms. The number of sulfone groups is 1. The quantitative estimate of drug-likeness (QED) is 0.506. The van der Waals surface area contributed by atoms with Gasteiger partial charge in [0.05, 0.1) is 36.7 Å². The summed E-state index contributed by atoms with van der Waals surface area (Å²) in [5.41, 5.74) is 1.35. The summed E-state index contributed by atoms with van der Waals surface area (Å²) < 4.78 is 35.9. The number of anilines is 2. The highest BCUT2D eigenvalue weighted by Gasteiger charge is 2.22. The van der Waals surface area contributed by atoms with Gasteiger partial charge >= 0.3 is 0 Å². The third kappa shape index (κ3) is 6.10. The van der Waals surface area contributed by atoms with Gasteiger partial charge in [-0.05, 0) is 42.5 Å². The van der Waals surface area contributed by atoms with Gasteiger partial charge < -0.3 is 19.8 Å². The van der Waals surface area contributed by atoms with E-state index in [4.69, 9.17) is 9.15 Å². The van der Waals surface area contributed by atoms with Gasteiger partial charge in [-0.15, -0.1) is 0 Å². The van der Waals surface area contributed by atoms with Crippen molar-refractivity contribution in [1.29, 1.82) is 0 Å². The van der Waals surface area contributed by atoms with Crippen LogP contribution in [0.3, 0.4) is 0 Å². The number of hydrogen-bond acceptors (Lipinski definition) is 7. The summed E-state index contributed by atoms with van der Waals surface area (Å²) in [5, 5.41) is 5.52. The summed E-state index contributed by atoms with van der Waals surface area (Å²) in [6.45, 7) is 2.98. The first-order chi connectivity index (χ1) is 16.4. The summed E-state index contributed by atoms with van der Waals surface area (Å²) in [5.74, 6) is -1.11. The number of nitrogens with one attached hydrogen (secondary N) is 2. The van der Waals surface area contributed by atoms with Crippen molar-refractivity contribution in [2.45, 2.75) is 10.6 Å². The molecule has 0 atom stereocenters. The Morgan fingerprint density at radius 2 is 1.53 bits per heavy atom. The number of rotatable bonds is 8. The maximum absolute atomic E-state index is 12.7. The van der Waals surface area contributed by atoms with Crippen LogP contribution in [-0.4, -0.2) is 58.0 Å². The van der Waals surface area contributed by atoms with Crippen LogP contribution < -0.4 is 10.6 Å². The van der Waals surface area contributed by atoms with Crippen molar-refractivity contribution in [3.63, 3.8) is 0 Å². The molecule has 1 saturated heterocycles. The van der Waals surface area contributed by atoms with Crippen LogP contribution in [0.4, 0.5) is 11.4 Å². The maximum atomic E-state index is 12.7. The van der Waals surface area contributed by atoms with Gasteiger partial charge in [-0.2, -0.15) is 0 Å². The van der Waals surface area contributed by atoms with Gasteiger partial charge in [0.15, 0.2) is 15.6 Å². The van der Waals surface area contributed by atoms with Gasteiger partial charge in [0, 0.05) is 30.0 Å². The first-order valence-corrected chi connectivity index (χ1v) is 12.4. The van der Waals surface area contributed by atoms with Gasteiger partial charge in [0.2, 0.25) is 5.91 Å². The van der Waals surface area contributed by atoms with Gasteiger partial charge in [-0.3, -0.25) is 14.5 Å². The average molecular weight is 484 g/mol. The van der Waals surface area contributed by atoms with E-state index in [1.807, 2.05) is 4.90 Å². The summed E-state index contributed by atoms with van der Waals surface area (Å²) in [7, 11) is -3.63. The predicted octanol–water partition coefficient (Wildman–Crippen LogP) is 2.78. The Balaban J connectivity index is 1.35. The van der Waals surface area contributed by atoms with Gasteiger partial charge in [0.25, 0.3) is 5.91 Å². The molecule has 0 aliphatic carbocycles. The molecule has 0 saturated carbocycles. The Labute approximate surface area is 197 Å². The Morgan fingerprint density at radius 1 is 0.882 bits per heavy atom. The van der Waals surface area contributed by atoms with Gasteiger partial charge in [-0.25, -0.2) is 8.42 Å². The normalized spacial score (nSPS) is 14.5. The van der Waals surface area contributed by atoms with Crippen LogP contribution in [-0.2, 0) is 25.1 Å². The lowest BCUT2D eigenvalue weighted by Crippen LogP contribution is -2.41. The van der Waals surface area contributed by atoms with Crippen LogP contribution >= 0.6 is 0 Å². The van der Waals surface area contributed by atoms with Crippen molar-refractivity contribution in [2.75, 3.05) is 43.5 Å². The average Bonchev–Trinajstić information content (AvgIpc) is 3.29. The number of carbonyl (C=O) groups is 2. The second kappa shape index (κ2) is 10.6. The predicted molar refractivity (Wildman–Crippen MR) is 126 cm³/mol. The van der Waals surface area contributed by atoms with Crippen LogP contribution in [0.2, 0.25) is 0 Å². The van der Waals surface area contributed by atoms with Crippen molar-refractivity contribution in [3.8, 4) is 0 Å². The molecule has 34 heavy (non-hydrogen) atoms. The minimum atomic E-state index is -3.63. The highest BCUT2D eigenvalue weighted by molar-refractivity contribution is 7.90. The molecule has 4 rings (SSSR count). The lowest BCUT2D eigenvalue weighted by molar-refractivity contribution is -0.118. The Kier molecular flexibility index (Phi) is 7.41. The van der Waals surface area contributed by atoms with E-state index < -0.39 is 15.7 Å². The Hall–Kier alpha value is -3.47. The van der Waals surface area contributed by atoms with E-state index in [0.717, 1.165) is 13.1 Å². The molecule has 0 radical (unpaired) electrons. The molecule has 2 N–H and O–H groups in total. The maximum Gasteiger partial charge on any atom is 0.291 e. The molecule has 0 spiro atoms. The smallest absolute Gasteiger partial charge is 0.291 e. The number of carbonyl (C=O) groups excluding carboxylic acids is 2. The SMILES string of the molecule is O=C(CN1CCOCC1)Nc1ccc(NC(=O)c2occc2CS(=O)(=O)c2ccccc2)cc1.